The number of hydrogen-bond donors (Lipinski definition) is 1. The van der Waals surface area contributed by atoms with Gasteiger partial charge in [0, 0.05) is 25.8 Å². The van der Waals surface area contributed by atoms with Gasteiger partial charge in [0.1, 0.15) is 0 Å². The van der Waals surface area contributed by atoms with Gasteiger partial charge in [0.2, 0.25) is 0 Å². The van der Waals surface area contributed by atoms with Crippen molar-refractivity contribution in [2.24, 2.45) is 0 Å². The highest BCUT2D eigenvalue weighted by molar-refractivity contribution is 5.53. The molecule has 0 amide bonds. The second kappa shape index (κ2) is 6.54. The molecule has 1 N–H and O–H groups in total. The maximum atomic E-state index is 3.42. The van der Waals surface area contributed by atoms with Crippen LogP contribution in [-0.4, -0.2) is 26.7 Å². The molecule has 0 saturated heterocycles. The van der Waals surface area contributed by atoms with Crippen molar-refractivity contribution in [1.82, 2.24) is 5.32 Å². The van der Waals surface area contributed by atoms with Gasteiger partial charge in [-0.3, -0.25) is 0 Å². The fourth-order valence-corrected chi connectivity index (χ4v) is 1.90. The van der Waals surface area contributed by atoms with Gasteiger partial charge in [-0.1, -0.05) is 24.6 Å². The first-order chi connectivity index (χ1) is 7.65. The first kappa shape index (κ1) is 13.0. The molecule has 1 rings (SSSR count). The smallest absolute Gasteiger partial charge is 0.0393 e. The van der Waals surface area contributed by atoms with Gasteiger partial charge in [-0.25, -0.2) is 0 Å². The fourth-order valence-electron chi connectivity index (χ4n) is 1.90. The Balaban J connectivity index is 2.49. The zero-order valence-electron chi connectivity index (χ0n) is 11.0. The molecule has 1 aromatic carbocycles. The number of nitrogens with zero attached hydrogens (tertiary/aromatic N) is 1. The fraction of sp³-hybridized carbons (Fsp3) is 0.571. The molecule has 0 heterocycles. The minimum atomic E-state index is 1.05. The average molecular weight is 220 g/mol. The van der Waals surface area contributed by atoms with Crippen LogP contribution in [0.15, 0.2) is 18.2 Å². The number of benzene rings is 1. The van der Waals surface area contributed by atoms with E-state index in [1.165, 1.54) is 23.2 Å². The summed E-state index contributed by atoms with van der Waals surface area (Å²) < 4.78 is 0. The van der Waals surface area contributed by atoms with E-state index < -0.39 is 0 Å². The standard InChI is InChI=1S/C14H24N2/c1-5-8-15-9-10-16(4)14-7-6-12(2)11-13(14)3/h6-7,11,15H,5,8-10H2,1-4H3. The van der Waals surface area contributed by atoms with Crippen LogP contribution >= 0.6 is 0 Å². The monoisotopic (exact) mass is 220 g/mol. The number of nitrogens with one attached hydrogen (secondary N) is 1. The van der Waals surface area contributed by atoms with Crippen LogP contribution in [0.4, 0.5) is 5.69 Å². The molecule has 0 spiro atoms. The van der Waals surface area contributed by atoms with Crippen molar-refractivity contribution >= 4 is 5.69 Å². The van der Waals surface area contributed by atoms with Crippen molar-refractivity contribution in [2.45, 2.75) is 27.2 Å². The Labute approximate surface area is 99.7 Å². The molecule has 0 aliphatic heterocycles. The van der Waals surface area contributed by atoms with Crippen molar-refractivity contribution in [2.75, 3.05) is 31.6 Å². The Morgan fingerprint density at radius 2 is 1.94 bits per heavy atom. The topological polar surface area (TPSA) is 15.3 Å². The average Bonchev–Trinajstić information content (AvgIpc) is 2.24. The number of rotatable bonds is 6. The van der Waals surface area contributed by atoms with Gasteiger partial charge >= 0.3 is 0 Å². The minimum Gasteiger partial charge on any atom is -0.373 e. The van der Waals surface area contributed by atoms with Crippen LogP contribution in [0.3, 0.4) is 0 Å². The predicted molar refractivity (Wildman–Crippen MR) is 72.3 cm³/mol. The number of hydrogen-bond acceptors (Lipinski definition) is 2. The number of aryl methyl sites for hydroxylation is 2. The Bertz CT molecular complexity index is 321. The SMILES string of the molecule is CCCNCCN(C)c1ccc(C)cc1C. The summed E-state index contributed by atoms with van der Waals surface area (Å²) in [6, 6.07) is 6.63. The lowest BCUT2D eigenvalue weighted by atomic mass is 10.1. The molecule has 0 fully saturated rings. The van der Waals surface area contributed by atoms with Crippen LogP contribution in [0.1, 0.15) is 24.5 Å². The maximum absolute atomic E-state index is 3.42. The molecular weight excluding hydrogens is 196 g/mol. The molecule has 16 heavy (non-hydrogen) atoms. The van der Waals surface area contributed by atoms with Gasteiger partial charge in [0.25, 0.3) is 0 Å². The normalized spacial score (nSPS) is 10.5. The van der Waals surface area contributed by atoms with Gasteiger partial charge in [-0.05, 0) is 38.4 Å². The third-order valence-electron chi connectivity index (χ3n) is 2.81. The summed E-state index contributed by atoms with van der Waals surface area (Å²) in [6.07, 6.45) is 1.20. The van der Waals surface area contributed by atoms with Crippen LogP contribution in [0.5, 0.6) is 0 Å². The van der Waals surface area contributed by atoms with Crippen molar-refractivity contribution in [3.05, 3.63) is 29.3 Å². The highest BCUT2D eigenvalue weighted by Gasteiger charge is 2.03. The van der Waals surface area contributed by atoms with E-state index in [-0.39, 0.29) is 0 Å². The molecule has 2 heteroatoms. The second-order valence-electron chi connectivity index (χ2n) is 4.46. The van der Waals surface area contributed by atoms with Gasteiger partial charge in [0.15, 0.2) is 0 Å². The predicted octanol–water partition coefficient (Wildman–Crippen LogP) is 2.74. The highest BCUT2D eigenvalue weighted by atomic mass is 15.1. The van der Waals surface area contributed by atoms with E-state index in [9.17, 15) is 0 Å². The lowest BCUT2D eigenvalue weighted by Crippen LogP contribution is -2.29. The van der Waals surface area contributed by atoms with Gasteiger partial charge in [-0.2, -0.15) is 0 Å². The van der Waals surface area contributed by atoms with Crippen LogP contribution in [0.25, 0.3) is 0 Å². The summed E-state index contributed by atoms with van der Waals surface area (Å²) in [6.45, 7) is 9.74. The van der Waals surface area contributed by atoms with E-state index >= 15 is 0 Å². The lowest BCUT2D eigenvalue weighted by Gasteiger charge is -2.22. The third kappa shape index (κ3) is 3.86. The first-order valence-corrected chi connectivity index (χ1v) is 6.14. The van der Waals surface area contributed by atoms with Crippen molar-refractivity contribution in [1.29, 1.82) is 0 Å². The molecule has 2 nitrogen and oxygen atoms in total. The summed E-state index contributed by atoms with van der Waals surface area (Å²) in [7, 11) is 2.16. The Morgan fingerprint density at radius 1 is 1.19 bits per heavy atom. The van der Waals surface area contributed by atoms with Gasteiger partial charge < -0.3 is 10.2 Å². The third-order valence-corrected chi connectivity index (χ3v) is 2.81. The minimum absolute atomic E-state index is 1.05. The summed E-state index contributed by atoms with van der Waals surface area (Å²) in [5.74, 6) is 0. The zero-order chi connectivity index (χ0) is 12.0. The summed E-state index contributed by atoms with van der Waals surface area (Å²) in [4.78, 5) is 2.32. The molecule has 0 saturated carbocycles. The summed E-state index contributed by atoms with van der Waals surface area (Å²) in [5, 5.41) is 3.42. The molecule has 0 unspecified atom stereocenters. The summed E-state index contributed by atoms with van der Waals surface area (Å²) in [5.41, 5.74) is 4.03. The van der Waals surface area contributed by atoms with E-state index in [2.05, 4.69) is 56.2 Å². The lowest BCUT2D eigenvalue weighted by molar-refractivity contribution is 0.665. The van der Waals surface area contributed by atoms with Gasteiger partial charge in [-0.15, -0.1) is 0 Å². The molecule has 1 aromatic rings. The van der Waals surface area contributed by atoms with E-state index in [1.807, 2.05) is 0 Å². The van der Waals surface area contributed by atoms with E-state index in [0.29, 0.717) is 0 Å². The van der Waals surface area contributed by atoms with Crippen LogP contribution in [0, 0.1) is 13.8 Å². The van der Waals surface area contributed by atoms with Crippen LogP contribution in [0.2, 0.25) is 0 Å². The molecule has 90 valence electrons. The first-order valence-electron chi connectivity index (χ1n) is 6.14. The molecule has 0 atom stereocenters. The second-order valence-corrected chi connectivity index (χ2v) is 4.46. The van der Waals surface area contributed by atoms with Crippen LogP contribution in [-0.2, 0) is 0 Å². The van der Waals surface area contributed by atoms with E-state index in [4.69, 9.17) is 0 Å². The molecule has 0 bridgehead atoms. The van der Waals surface area contributed by atoms with Crippen molar-refractivity contribution < 1.29 is 0 Å². The number of likely N-dealkylation sites (N-methyl/N-ethyl adjacent to an activating group) is 1. The van der Waals surface area contributed by atoms with E-state index in [1.54, 1.807) is 0 Å². The molecular formula is C14H24N2. The molecule has 0 aromatic heterocycles. The maximum Gasteiger partial charge on any atom is 0.0393 e. The Kier molecular flexibility index (Phi) is 5.33. The molecule has 0 radical (unpaired) electrons. The zero-order valence-corrected chi connectivity index (χ0v) is 11.0. The largest absolute Gasteiger partial charge is 0.373 e. The quantitative estimate of drug-likeness (QED) is 0.742. The highest BCUT2D eigenvalue weighted by Crippen LogP contribution is 2.19. The molecule has 0 aliphatic rings. The molecule has 0 aliphatic carbocycles. The number of anilines is 1. The van der Waals surface area contributed by atoms with E-state index in [0.717, 1.165) is 19.6 Å². The van der Waals surface area contributed by atoms with Crippen molar-refractivity contribution in [3.8, 4) is 0 Å². The van der Waals surface area contributed by atoms with Crippen LogP contribution < -0.4 is 10.2 Å². The Hall–Kier alpha value is -1.02. The van der Waals surface area contributed by atoms with Gasteiger partial charge in [0.05, 0.1) is 0 Å². The Morgan fingerprint density at radius 3 is 2.56 bits per heavy atom. The summed E-state index contributed by atoms with van der Waals surface area (Å²) >= 11 is 0. The van der Waals surface area contributed by atoms with Crippen molar-refractivity contribution in [3.63, 3.8) is 0 Å².